The van der Waals surface area contributed by atoms with Gasteiger partial charge in [0.15, 0.2) is 12.2 Å². The first-order valence-corrected chi connectivity index (χ1v) is 7.52. The number of hydrogen-bond acceptors (Lipinski definition) is 6. The molecular formula is C17H20O6. The van der Waals surface area contributed by atoms with Crippen molar-refractivity contribution in [2.24, 2.45) is 0 Å². The minimum Gasteiger partial charge on any atom is -0.465 e. The number of esters is 2. The highest BCUT2D eigenvalue weighted by atomic mass is 16.6. The molecule has 0 saturated carbocycles. The molecule has 6 nitrogen and oxygen atoms in total. The fourth-order valence-corrected chi connectivity index (χ4v) is 2.05. The van der Waals surface area contributed by atoms with Crippen LogP contribution in [0.1, 0.15) is 56.8 Å². The molecule has 2 aromatic rings. The van der Waals surface area contributed by atoms with Gasteiger partial charge in [-0.25, -0.2) is 0 Å². The molecule has 0 aliphatic rings. The maximum absolute atomic E-state index is 11.7. The van der Waals surface area contributed by atoms with Crippen LogP contribution in [0.4, 0.5) is 0 Å². The quantitative estimate of drug-likeness (QED) is 0.685. The molecule has 0 radical (unpaired) electrons. The standard InChI is InChI=1S/C17H20O6/c1-12(14-6-4-10-20-14)22-16(18)8-3-9-17(19)23-13(2)15-7-5-11-21-15/h4-7,10-13H,3,8-9H2,1-2H3. The van der Waals surface area contributed by atoms with E-state index in [-0.39, 0.29) is 24.8 Å². The van der Waals surface area contributed by atoms with Gasteiger partial charge < -0.3 is 18.3 Å². The molecule has 0 aromatic carbocycles. The van der Waals surface area contributed by atoms with Crippen LogP contribution in [0.3, 0.4) is 0 Å². The maximum atomic E-state index is 11.7. The first-order valence-electron chi connectivity index (χ1n) is 7.52. The molecule has 2 heterocycles. The Kier molecular flexibility index (Phi) is 6.02. The Balaban J connectivity index is 1.64. The summed E-state index contributed by atoms with van der Waals surface area (Å²) < 4.78 is 20.7. The molecule has 6 heteroatoms. The van der Waals surface area contributed by atoms with E-state index < -0.39 is 12.2 Å². The van der Waals surface area contributed by atoms with Gasteiger partial charge in [0.05, 0.1) is 12.5 Å². The monoisotopic (exact) mass is 320 g/mol. The number of hydrogen-bond donors (Lipinski definition) is 0. The van der Waals surface area contributed by atoms with Gasteiger partial charge in [-0.15, -0.1) is 0 Å². The summed E-state index contributed by atoms with van der Waals surface area (Å²) in [6.07, 6.45) is 2.83. The predicted molar refractivity (Wildman–Crippen MR) is 80.3 cm³/mol. The van der Waals surface area contributed by atoms with Crippen molar-refractivity contribution in [1.29, 1.82) is 0 Å². The topological polar surface area (TPSA) is 78.9 Å². The first-order chi connectivity index (χ1) is 11.1. The highest BCUT2D eigenvalue weighted by Crippen LogP contribution is 2.19. The van der Waals surface area contributed by atoms with Crippen molar-refractivity contribution in [2.45, 2.75) is 45.3 Å². The van der Waals surface area contributed by atoms with Crippen LogP contribution in [0.2, 0.25) is 0 Å². The summed E-state index contributed by atoms with van der Waals surface area (Å²) in [6, 6.07) is 6.95. The molecule has 0 bridgehead atoms. The molecule has 0 amide bonds. The highest BCUT2D eigenvalue weighted by molar-refractivity contribution is 5.72. The highest BCUT2D eigenvalue weighted by Gasteiger charge is 2.16. The third-order valence-electron chi connectivity index (χ3n) is 3.27. The van der Waals surface area contributed by atoms with Crippen molar-refractivity contribution in [3.05, 3.63) is 48.3 Å². The van der Waals surface area contributed by atoms with Gasteiger partial charge in [0.2, 0.25) is 0 Å². The third-order valence-corrected chi connectivity index (χ3v) is 3.27. The van der Waals surface area contributed by atoms with Crippen molar-refractivity contribution in [3.8, 4) is 0 Å². The van der Waals surface area contributed by atoms with E-state index in [4.69, 9.17) is 18.3 Å². The Labute approximate surface area is 134 Å². The Morgan fingerprint density at radius 3 is 1.70 bits per heavy atom. The summed E-state index contributed by atoms with van der Waals surface area (Å²) in [5.41, 5.74) is 0. The van der Waals surface area contributed by atoms with Crippen LogP contribution in [0.5, 0.6) is 0 Å². The molecule has 0 N–H and O–H groups in total. The SMILES string of the molecule is CC(OC(=O)CCCC(=O)OC(C)c1ccco1)c1ccco1. The Morgan fingerprint density at radius 2 is 1.35 bits per heavy atom. The van der Waals surface area contributed by atoms with Gasteiger partial charge in [0.1, 0.15) is 11.5 Å². The molecule has 2 rings (SSSR count). The van der Waals surface area contributed by atoms with Crippen molar-refractivity contribution in [2.75, 3.05) is 0 Å². The largest absolute Gasteiger partial charge is 0.465 e. The summed E-state index contributed by atoms with van der Waals surface area (Å²) in [6.45, 7) is 3.46. The lowest BCUT2D eigenvalue weighted by Crippen LogP contribution is -2.11. The van der Waals surface area contributed by atoms with Crippen LogP contribution in [0.15, 0.2) is 45.6 Å². The minimum absolute atomic E-state index is 0.148. The first kappa shape index (κ1) is 16.9. The average Bonchev–Trinajstić information content (AvgIpc) is 3.20. The molecule has 0 fully saturated rings. The number of rotatable bonds is 8. The fourth-order valence-electron chi connectivity index (χ4n) is 2.05. The lowest BCUT2D eigenvalue weighted by Gasteiger charge is -2.12. The van der Waals surface area contributed by atoms with E-state index in [0.717, 1.165) is 0 Å². The molecular weight excluding hydrogens is 300 g/mol. The zero-order chi connectivity index (χ0) is 16.7. The van der Waals surface area contributed by atoms with Crippen LogP contribution in [-0.4, -0.2) is 11.9 Å². The summed E-state index contributed by atoms with van der Waals surface area (Å²) in [5, 5.41) is 0. The number of carbonyl (C=O) groups excluding carboxylic acids is 2. The van der Waals surface area contributed by atoms with Gasteiger partial charge in [-0.05, 0) is 44.5 Å². The zero-order valence-corrected chi connectivity index (χ0v) is 13.2. The summed E-state index contributed by atoms with van der Waals surface area (Å²) >= 11 is 0. The molecule has 0 saturated heterocycles. The van der Waals surface area contributed by atoms with Crippen molar-refractivity contribution in [1.82, 2.24) is 0 Å². The second-order valence-electron chi connectivity index (χ2n) is 5.15. The van der Waals surface area contributed by atoms with Gasteiger partial charge in [-0.3, -0.25) is 9.59 Å². The van der Waals surface area contributed by atoms with E-state index in [1.54, 1.807) is 38.1 Å². The zero-order valence-electron chi connectivity index (χ0n) is 13.2. The van der Waals surface area contributed by atoms with Gasteiger partial charge in [0, 0.05) is 12.8 Å². The molecule has 0 spiro atoms. The van der Waals surface area contributed by atoms with Gasteiger partial charge in [0.25, 0.3) is 0 Å². The van der Waals surface area contributed by atoms with Crippen molar-refractivity contribution < 1.29 is 27.9 Å². The van der Waals surface area contributed by atoms with E-state index in [9.17, 15) is 9.59 Å². The van der Waals surface area contributed by atoms with E-state index in [0.29, 0.717) is 17.9 Å². The Morgan fingerprint density at radius 1 is 0.913 bits per heavy atom. The molecule has 2 unspecified atom stereocenters. The Bertz CT molecular complexity index is 545. The third kappa shape index (κ3) is 5.32. The molecule has 23 heavy (non-hydrogen) atoms. The predicted octanol–water partition coefficient (Wildman–Crippen LogP) is 3.95. The maximum Gasteiger partial charge on any atom is 0.306 e. The van der Waals surface area contributed by atoms with Crippen LogP contribution >= 0.6 is 0 Å². The van der Waals surface area contributed by atoms with E-state index in [1.807, 2.05) is 0 Å². The summed E-state index contributed by atoms with van der Waals surface area (Å²) in [5.74, 6) is 0.427. The van der Waals surface area contributed by atoms with Crippen LogP contribution in [0, 0.1) is 0 Å². The van der Waals surface area contributed by atoms with E-state index in [1.165, 1.54) is 12.5 Å². The van der Waals surface area contributed by atoms with Crippen LogP contribution in [-0.2, 0) is 19.1 Å². The van der Waals surface area contributed by atoms with Gasteiger partial charge in [-0.2, -0.15) is 0 Å². The van der Waals surface area contributed by atoms with E-state index in [2.05, 4.69) is 0 Å². The lowest BCUT2D eigenvalue weighted by molar-refractivity contribution is -0.151. The molecule has 2 atom stereocenters. The number of ether oxygens (including phenoxy) is 2. The summed E-state index contributed by atoms with van der Waals surface area (Å²) in [4.78, 5) is 23.4. The number of furan rings is 2. The van der Waals surface area contributed by atoms with Crippen LogP contribution in [0.25, 0.3) is 0 Å². The fraction of sp³-hybridized carbons (Fsp3) is 0.412. The normalized spacial score (nSPS) is 13.3. The van der Waals surface area contributed by atoms with Crippen LogP contribution < -0.4 is 0 Å². The average molecular weight is 320 g/mol. The van der Waals surface area contributed by atoms with Gasteiger partial charge >= 0.3 is 11.9 Å². The summed E-state index contributed by atoms with van der Waals surface area (Å²) in [7, 11) is 0. The molecule has 2 aromatic heterocycles. The second-order valence-corrected chi connectivity index (χ2v) is 5.15. The van der Waals surface area contributed by atoms with Crippen molar-refractivity contribution in [3.63, 3.8) is 0 Å². The number of carbonyl (C=O) groups is 2. The molecule has 0 aliphatic carbocycles. The van der Waals surface area contributed by atoms with E-state index >= 15 is 0 Å². The second kappa shape index (κ2) is 8.22. The molecule has 124 valence electrons. The van der Waals surface area contributed by atoms with Crippen molar-refractivity contribution >= 4 is 11.9 Å². The Hall–Kier alpha value is -2.50. The lowest BCUT2D eigenvalue weighted by atomic mass is 10.2. The minimum atomic E-state index is -0.441. The van der Waals surface area contributed by atoms with Gasteiger partial charge in [-0.1, -0.05) is 0 Å². The smallest absolute Gasteiger partial charge is 0.306 e. The molecule has 0 aliphatic heterocycles.